The zero-order valence-corrected chi connectivity index (χ0v) is 44.9. The molecule has 0 fully saturated rings. The van der Waals surface area contributed by atoms with Gasteiger partial charge in [-0.1, -0.05) is 263 Å². The summed E-state index contributed by atoms with van der Waals surface area (Å²) in [5, 5.41) is 0. The lowest BCUT2D eigenvalue weighted by atomic mass is 10.0. The van der Waals surface area contributed by atoms with E-state index < -0.39 is 6.10 Å². The van der Waals surface area contributed by atoms with Gasteiger partial charge in [0.25, 0.3) is 0 Å². The van der Waals surface area contributed by atoms with Gasteiger partial charge in [0.2, 0.25) is 0 Å². The lowest BCUT2D eigenvalue weighted by molar-refractivity contribution is -0.167. The van der Waals surface area contributed by atoms with Crippen molar-refractivity contribution in [2.75, 3.05) is 13.2 Å². The standard InChI is InChI=1S/C61H112O6/c1-4-7-10-13-16-19-22-25-28-30-31-32-34-36-39-42-45-48-51-54-60(63)66-57-58(56-65-59(62)53-50-47-44-41-38-35-27-24-21-18-15-12-9-6-3)67-61(64)55-52-49-46-43-40-37-33-29-26-23-20-17-14-11-8-5-2/h16,19,22,25,29,33,58H,4-15,17-18,20-21,23-24,26-28,30-32,34-57H2,1-3H3/b19-16-,25-22-,33-29-. The van der Waals surface area contributed by atoms with Gasteiger partial charge >= 0.3 is 17.9 Å². The van der Waals surface area contributed by atoms with Crippen LogP contribution in [0.3, 0.4) is 0 Å². The quantitative estimate of drug-likeness (QED) is 0.0199. The number of esters is 3. The largest absolute Gasteiger partial charge is 0.462 e. The zero-order chi connectivity index (χ0) is 48.6. The van der Waals surface area contributed by atoms with E-state index in [0.717, 1.165) is 64.2 Å². The molecular formula is C61H112O6. The highest BCUT2D eigenvalue weighted by Crippen LogP contribution is 2.16. The lowest BCUT2D eigenvalue weighted by Crippen LogP contribution is -2.30. The molecule has 392 valence electrons. The van der Waals surface area contributed by atoms with E-state index in [4.69, 9.17) is 14.2 Å². The molecule has 0 aromatic heterocycles. The molecule has 0 saturated heterocycles. The Morgan fingerprint density at radius 1 is 0.299 bits per heavy atom. The van der Waals surface area contributed by atoms with Gasteiger partial charge < -0.3 is 14.2 Å². The molecule has 0 aromatic rings. The van der Waals surface area contributed by atoms with Crippen molar-refractivity contribution >= 4 is 17.9 Å². The number of hydrogen-bond donors (Lipinski definition) is 0. The van der Waals surface area contributed by atoms with Crippen molar-refractivity contribution < 1.29 is 28.6 Å². The molecule has 0 spiro atoms. The molecule has 0 aromatic carbocycles. The second-order valence-electron chi connectivity index (χ2n) is 19.9. The summed E-state index contributed by atoms with van der Waals surface area (Å²) in [6.45, 7) is 6.64. The number of hydrogen-bond acceptors (Lipinski definition) is 6. The summed E-state index contributed by atoms with van der Waals surface area (Å²) >= 11 is 0. The number of carbonyl (C=O) groups excluding carboxylic acids is 3. The molecule has 0 saturated carbocycles. The number of unbranched alkanes of at least 4 members (excludes halogenated alkanes) is 38. The maximum atomic E-state index is 12.9. The molecule has 0 bridgehead atoms. The van der Waals surface area contributed by atoms with Crippen molar-refractivity contribution in [1.82, 2.24) is 0 Å². The van der Waals surface area contributed by atoms with Crippen molar-refractivity contribution in [3.8, 4) is 0 Å². The summed E-state index contributed by atoms with van der Waals surface area (Å²) in [5.41, 5.74) is 0. The van der Waals surface area contributed by atoms with Crippen LogP contribution in [-0.2, 0) is 28.6 Å². The van der Waals surface area contributed by atoms with Gasteiger partial charge in [-0.2, -0.15) is 0 Å². The second kappa shape index (κ2) is 56.2. The molecule has 1 atom stereocenters. The summed E-state index contributed by atoms with van der Waals surface area (Å²) in [6, 6.07) is 0. The Bertz CT molecular complexity index is 1130. The summed E-state index contributed by atoms with van der Waals surface area (Å²) in [7, 11) is 0. The predicted molar refractivity (Wildman–Crippen MR) is 289 cm³/mol. The van der Waals surface area contributed by atoms with Crippen molar-refractivity contribution in [1.29, 1.82) is 0 Å². The molecule has 0 amide bonds. The molecule has 1 unspecified atom stereocenters. The number of rotatable bonds is 54. The summed E-state index contributed by atoms with van der Waals surface area (Å²) in [5.74, 6) is -0.866. The Hall–Kier alpha value is -2.37. The Balaban J connectivity index is 4.34. The van der Waals surface area contributed by atoms with E-state index in [2.05, 4.69) is 57.2 Å². The predicted octanol–water partition coefficient (Wildman–Crippen LogP) is 19.7. The van der Waals surface area contributed by atoms with Crippen LogP contribution in [0.25, 0.3) is 0 Å². The molecule has 0 heterocycles. The summed E-state index contributed by atoms with van der Waals surface area (Å²) < 4.78 is 16.9. The minimum Gasteiger partial charge on any atom is -0.462 e. The van der Waals surface area contributed by atoms with Crippen LogP contribution in [0.1, 0.15) is 316 Å². The van der Waals surface area contributed by atoms with Gasteiger partial charge in [0.15, 0.2) is 6.10 Å². The average molecular weight is 942 g/mol. The van der Waals surface area contributed by atoms with Crippen molar-refractivity contribution in [2.24, 2.45) is 0 Å². The molecule has 6 nitrogen and oxygen atoms in total. The van der Waals surface area contributed by atoms with Gasteiger partial charge in [-0.15, -0.1) is 0 Å². The Morgan fingerprint density at radius 2 is 0.537 bits per heavy atom. The van der Waals surface area contributed by atoms with E-state index in [1.165, 1.54) is 212 Å². The topological polar surface area (TPSA) is 78.9 Å². The average Bonchev–Trinajstić information content (AvgIpc) is 3.33. The minimum absolute atomic E-state index is 0.0726. The van der Waals surface area contributed by atoms with Crippen molar-refractivity contribution in [3.63, 3.8) is 0 Å². The highest BCUT2D eigenvalue weighted by Gasteiger charge is 2.19. The van der Waals surface area contributed by atoms with Gasteiger partial charge in [0.1, 0.15) is 13.2 Å². The first-order chi connectivity index (χ1) is 33.0. The number of carbonyl (C=O) groups is 3. The van der Waals surface area contributed by atoms with Crippen molar-refractivity contribution in [3.05, 3.63) is 36.5 Å². The van der Waals surface area contributed by atoms with Gasteiger partial charge in [-0.05, 0) is 70.6 Å². The molecule has 0 aliphatic heterocycles. The first-order valence-corrected chi connectivity index (χ1v) is 29.5. The fourth-order valence-corrected chi connectivity index (χ4v) is 8.67. The van der Waals surface area contributed by atoms with Crippen LogP contribution in [0.2, 0.25) is 0 Å². The normalized spacial score (nSPS) is 12.2. The van der Waals surface area contributed by atoms with Crippen LogP contribution in [0, 0.1) is 0 Å². The molecule has 67 heavy (non-hydrogen) atoms. The third-order valence-corrected chi connectivity index (χ3v) is 13.1. The van der Waals surface area contributed by atoms with Crippen LogP contribution < -0.4 is 0 Å². The van der Waals surface area contributed by atoms with Gasteiger partial charge in [0.05, 0.1) is 0 Å². The Kier molecular flexibility index (Phi) is 54.2. The van der Waals surface area contributed by atoms with E-state index in [0.29, 0.717) is 19.3 Å². The monoisotopic (exact) mass is 941 g/mol. The number of ether oxygens (including phenoxy) is 3. The summed E-state index contributed by atoms with van der Waals surface area (Å²) in [6.07, 6.45) is 67.0. The summed E-state index contributed by atoms with van der Waals surface area (Å²) in [4.78, 5) is 38.2. The molecular weight excluding hydrogens is 829 g/mol. The van der Waals surface area contributed by atoms with Gasteiger partial charge in [0, 0.05) is 19.3 Å². The van der Waals surface area contributed by atoms with E-state index in [1.807, 2.05) is 0 Å². The van der Waals surface area contributed by atoms with Crippen LogP contribution in [0.4, 0.5) is 0 Å². The van der Waals surface area contributed by atoms with Crippen LogP contribution in [-0.4, -0.2) is 37.2 Å². The fourth-order valence-electron chi connectivity index (χ4n) is 8.67. The third-order valence-electron chi connectivity index (χ3n) is 13.1. The molecule has 6 heteroatoms. The number of allylic oxidation sites excluding steroid dienone is 6. The maximum absolute atomic E-state index is 12.9. The smallest absolute Gasteiger partial charge is 0.306 e. The molecule has 0 rings (SSSR count). The van der Waals surface area contributed by atoms with Crippen LogP contribution >= 0.6 is 0 Å². The van der Waals surface area contributed by atoms with E-state index in [9.17, 15) is 14.4 Å². The molecule has 0 aliphatic carbocycles. The van der Waals surface area contributed by atoms with Crippen molar-refractivity contribution in [2.45, 2.75) is 322 Å². The molecule has 0 aliphatic rings. The van der Waals surface area contributed by atoms with Gasteiger partial charge in [-0.25, -0.2) is 0 Å². The highest BCUT2D eigenvalue weighted by atomic mass is 16.6. The minimum atomic E-state index is -0.775. The molecule has 0 radical (unpaired) electrons. The van der Waals surface area contributed by atoms with E-state index in [1.54, 1.807) is 0 Å². The Labute approximate surface area is 416 Å². The SMILES string of the molecule is CCCCC/C=C\C=C/CCCCCCCCCCCCC(=O)OCC(COC(=O)CCCCCCCCCCCCCCCC)OC(=O)CCCCCCC/C=C\CCCCCCCCC. The van der Waals surface area contributed by atoms with Crippen LogP contribution in [0.15, 0.2) is 36.5 Å². The van der Waals surface area contributed by atoms with E-state index in [-0.39, 0.29) is 31.1 Å². The maximum Gasteiger partial charge on any atom is 0.306 e. The highest BCUT2D eigenvalue weighted by molar-refractivity contribution is 5.71. The second-order valence-corrected chi connectivity index (χ2v) is 19.9. The fraction of sp³-hybridized carbons (Fsp3) is 0.852. The zero-order valence-electron chi connectivity index (χ0n) is 44.9. The van der Waals surface area contributed by atoms with Crippen LogP contribution in [0.5, 0.6) is 0 Å². The first kappa shape index (κ1) is 64.6. The van der Waals surface area contributed by atoms with E-state index >= 15 is 0 Å². The van der Waals surface area contributed by atoms with Gasteiger partial charge in [-0.3, -0.25) is 14.4 Å². The lowest BCUT2D eigenvalue weighted by Gasteiger charge is -2.18. The molecule has 0 N–H and O–H groups in total. The third kappa shape index (κ3) is 54.4. The first-order valence-electron chi connectivity index (χ1n) is 29.5. The Morgan fingerprint density at radius 3 is 0.866 bits per heavy atom.